The van der Waals surface area contributed by atoms with Crippen molar-refractivity contribution in [2.45, 2.75) is 24.8 Å². The summed E-state index contributed by atoms with van der Waals surface area (Å²) in [6.07, 6.45) is 2.24. The fourth-order valence-corrected chi connectivity index (χ4v) is 4.74. The number of aromatic nitrogens is 5. The van der Waals surface area contributed by atoms with Gasteiger partial charge in [0, 0.05) is 30.8 Å². The molecule has 0 radical (unpaired) electrons. The maximum Gasteiger partial charge on any atom is 0.238 e. The predicted molar refractivity (Wildman–Crippen MR) is 154 cm³/mol. The van der Waals surface area contributed by atoms with Gasteiger partial charge in [0.1, 0.15) is 11.0 Å². The molecule has 0 saturated heterocycles. The van der Waals surface area contributed by atoms with Crippen LogP contribution in [0.25, 0.3) is 33.8 Å². The van der Waals surface area contributed by atoms with Gasteiger partial charge in [-0.1, -0.05) is 30.3 Å². The molecule has 0 aliphatic carbocycles. The third-order valence-electron chi connectivity index (χ3n) is 6.12. The maximum absolute atomic E-state index is 11.4. The Morgan fingerprint density at radius 1 is 1.10 bits per heavy atom. The summed E-state index contributed by atoms with van der Waals surface area (Å²) in [5.41, 5.74) is 15.8. The van der Waals surface area contributed by atoms with E-state index in [4.69, 9.17) is 31.0 Å². The Morgan fingerprint density at radius 3 is 2.51 bits per heavy atom. The van der Waals surface area contributed by atoms with Crippen LogP contribution in [0.1, 0.15) is 13.3 Å². The van der Waals surface area contributed by atoms with Gasteiger partial charge in [-0.25, -0.2) is 28.2 Å². The lowest BCUT2D eigenvalue weighted by molar-refractivity contribution is 0.310. The van der Waals surface area contributed by atoms with E-state index in [9.17, 15) is 8.42 Å². The van der Waals surface area contributed by atoms with E-state index < -0.39 is 10.0 Å². The number of sulfonamides is 1. The molecule has 15 heteroatoms. The van der Waals surface area contributed by atoms with Gasteiger partial charge < -0.3 is 26.1 Å². The van der Waals surface area contributed by atoms with Crippen molar-refractivity contribution < 1.29 is 17.8 Å². The summed E-state index contributed by atoms with van der Waals surface area (Å²) in [6, 6.07) is 15.6. The van der Waals surface area contributed by atoms with E-state index in [0.29, 0.717) is 60.3 Å². The maximum atomic E-state index is 11.4. The minimum atomic E-state index is -3.77. The topological polar surface area (TPSA) is 215 Å². The summed E-state index contributed by atoms with van der Waals surface area (Å²) in [5, 5.41) is 15.7. The Kier molecular flexibility index (Phi) is 7.80. The molecular weight excluding hydrogens is 548 g/mol. The molecule has 5 aromatic rings. The average Bonchev–Trinajstić information content (AvgIpc) is 3.56. The van der Waals surface area contributed by atoms with Gasteiger partial charge in [-0.05, 0) is 41.5 Å². The minimum Gasteiger partial charge on any atom is -0.490 e. The molecule has 0 aliphatic rings. The van der Waals surface area contributed by atoms with Crippen LogP contribution in [0.2, 0.25) is 0 Å². The third kappa shape index (κ3) is 5.95. The smallest absolute Gasteiger partial charge is 0.238 e. The van der Waals surface area contributed by atoms with Gasteiger partial charge in [-0.15, -0.1) is 0 Å². The SMILES string of the molecule is CCn1c(-c2nonc2N)nc2c(-c3ccccc3)ncc(OCCCN=C(N)Nc3ccc(S(N)(=O)=O)cc3)c21. The van der Waals surface area contributed by atoms with Crippen LogP contribution in [-0.2, 0) is 16.6 Å². The largest absolute Gasteiger partial charge is 0.490 e. The molecule has 3 heterocycles. The van der Waals surface area contributed by atoms with E-state index in [1.54, 1.807) is 18.3 Å². The first-order chi connectivity index (χ1) is 19.8. The first kappa shape index (κ1) is 27.5. The second-order valence-corrected chi connectivity index (χ2v) is 10.4. The van der Waals surface area contributed by atoms with Gasteiger partial charge in [0.15, 0.2) is 29.0 Å². The number of nitrogens with one attached hydrogen (secondary N) is 1. The highest BCUT2D eigenvalue weighted by Gasteiger charge is 2.24. The number of ether oxygens (including phenoxy) is 1. The number of imidazole rings is 1. The lowest BCUT2D eigenvalue weighted by atomic mass is 10.1. The molecule has 0 aliphatic heterocycles. The zero-order valence-corrected chi connectivity index (χ0v) is 22.9. The summed E-state index contributed by atoms with van der Waals surface area (Å²) in [7, 11) is -3.77. The fourth-order valence-electron chi connectivity index (χ4n) is 4.23. The summed E-state index contributed by atoms with van der Waals surface area (Å²) in [5.74, 6) is 1.35. The van der Waals surface area contributed by atoms with Crippen molar-refractivity contribution in [1.29, 1.82) is 0 Å². The Morgan fingerprint density at radius 2 is 1.85 bits per heavy atom. The molecule has 2 aromatic carbocycles. The van der Waals surface area contributed by atoms with Gasteiger partial charge in [-0.2, -0.15) is 0 Å². The van der Waals surface area contributed by atoms with Crippen molar-refractivity contribution in [2.75, 3.05) is 24.2 Å². The Bertz CT molecular complexity index is 1800. The van der Waals surface area contributed by atoms with Gasteiger partial charge in [0.05, 0.1) is 23.4 Å². The number of hydrogen-bond donors (Lipinski definition) is 4. The van der Waals surface area contributed by atoms with Gasteiger partial charge >= 0.3 is 0 Å². The van der Waals surface area contributed by atoms with E-state index in [0.717, 1.165) is 11.1 Å². The third-order valence-corrected chi connectivity index (χ3v) is 7.05. The van der Waals surface area contributed by atoms with Crippen molar-refractivity contribution in [3.8, 4) is 28.5 Å². The van der Waals surface area contributed by atoms with E-state index in [1.165, 1.54) is 12.1 Å². The number of pyridine rings is 1. The molecular formula is C26H28N10O4S. The first-order valence-corrected chi connectivity index (χ1v) is 14.2. The quantitative estimate of drug-likeness (QED) is 0.108. The molecule has 14 nitrogen and oxygen atoms in total. The number of nitrogen functional groups attached to an aromatic ring is 1. The molecule has 0 spiro atoms. The van der Waals surface area contributed by atoms with E-state index in [2.05, 4.69) is 25.6 Å². The monoisotopic (exact) mass is 576 g/mol. The number of anilines is 2. The Hall–Kier alpha value is -5.02. The molecule has 41 heavy (non-hydrogen) atoms. The summed E-state index contributed by atoms with van der Waals surface area (Å²) < 4.78 is 35.7. The molecule has 0 unspecified atom stereocenters. The number of aryl methyl sites for hydroxylation is 1. The van der Waals surface area contributed by atoms with Crippen LogP contribution in [0.4, 0.5) is 11.5 Å². The number of rotatable bonds is 10. The molecule has 5 rings (SSSR count). The molecule has 0 atom stereocenters. The lowest BCUT2D eigenvalue weighted by Crippen LogP contribution is -2.23. The highest BCUT2D eigenvalue weighted by molar-refractivity contribution is 7.89. The number of aliphatic imine (C=N–C) groups is 1. The van der Waals surface area contributed by atoms with Crippen LogP contribution in [0, 0.1) is 0 Å². The minimum absolute atomic E-state index is 0.00816. The van der Waals surface area contributed by atoms with E-state index >= 15 is 0 Å². The molecule has 0 amide bonds. The molecule has 212 valence electrons. The number of nitrogens with two attached hydrogens (primary N) is 3. The Balaban J connectivity index is 1.33. The van der Waals surface area contributed by atoms with Crippen molar-refractivity contribution in [2.24, 2.45) is 15.9 Å². The normalized spacial score (nSPS) is 12.1. The summed E-state index contributed by atoms with van der Waals surface area (Å²) in [6.45, 7) is 3.25. The zero-order valence-electron chi connectivity index (χ0n) is 22.1. The van der Waals surface area contributed by atoms with E-state index in [-0.39, 0.29) is 16.7 Å². The molecule has 7 N–H and O–H groups in total. The van der Waals surface area contributed by atoms with Gasteiger partial charge in [-0.3, -0.25) is 4.99 Å². The lowest BCUT2D eigenvalue weighted by Gasteiger charge is -2.12. The summed E-state index contributed by atoms with van der Waals surface area (Å²) >= 11 is 0. The first-order valence-electron chi connectivity index (χ1n) is 12.6. The van der Waals surface area contributed by atoms with Crippen LogP contribution in [0.15, 0.2) is 75.3 Å². The number of nitrogens with zero attached hydrogens (tertiary/aromatic N) is 6. The highest BCUT2D eigenvalue weighted by Crippen LogP contribution is 2.36. The molecule has 0 bridgehead atoms. The number of hydrogen-bond acceptors (Lipinski definition) is 10. The zero-order chi connectivity index (χ0) is 29.0. The van der Waals surface area contributed by atoms with Crippen molar-refractivity contribution in [3.05, 3.63) is 60.8 Å². The van der Waals surface area contributed by atoms with Crippen LogP contribution in [0.5, 0.6) is 5.75 Å². The average molecular weight is 577 g/mol. The fraction of sp³-hybridized carbons (Fsp3) is 0.192. The molecule has 0 saturated carbocycles. The second kappa shape index (κ2) is 11.6. The standard InChI is InChI=1S/C26H28N10O4S/c1-2-36-23-19(39-14-6-13-30-26(28)32-17-9-11-18(12-10-17)41(29,37)38)15-31-20(16-7-4-3-5-8-16)21(23)33-25(36)22-24(27)35-40-34-22/h3-5,7-12,15H,2,6,13-14H2,1H3,(H2,27,35)(H3,28,30,32)(H2,29,37,38). The second-order valence-electron chi connectivity index (χ2n) is 8.88. The number of primary sulfonamides is 1. The number of fused-ring (bicyclic) bond motifs is 1. The number of benzene rings is 2. The van der Waals surface area contributed by atoms with Crippen LogP contribution in [-0.4, -0.2) is 52.4 Å². The molecule has 3 aromatic heterocycles. The van der Waals surface area contributed by atoms with Crippen molar-refractivity contribution in [3.63, 3.8) is 0 Å². The van der Waals surface area contributed by atoms with Crippen molar-refractivity contribution in [1.82, 2.24) is 24.8 Å². The predicted octanol–water partition coefficient (Wildman–Crippen LogP) is 2.59. The van der Waals surface area contributed by atoms with Crippen LogP contribution < -0.4 is 26.7 Å². The molecule has 0 fully saturated rings. The van der Waals surface area contributed by atoms with Crippen LogP contribution in [0.3, 0.4) is 0 Å². The summed E-state index contributed by atoms with van der Waals surface area (Å²) in [4.78, 5) is 13.8. The van der Waals surface area contributed by atoms with Crippen LogP contribution >= 0.6 is 0 Å². The van der Waals surface area contributed by atoms with E-state index in [1.807, 2.05) is 41.8 Å². The number of guanidine groups is 1. The van der Waals surface area contributed by atoms with Gasteiger partial charge in [0.2, 0.25) is 10.0 Å². The van der Waals surface area contributed by atoms with Gasteiger partial charge in [0.25, 0.3) is 0 Å². The highest BCUT2D eigenvalue weighted by atomic mass is 32.2. The Labute approximate surface area is 235 Å². The van der Waals surface area contributed by atoms with Crippen molar-refractivity contribution >= 4 is 38.5 Å².